The van der Waals surface area contributed by atoms with Gasteiger partial charge in [0.2, 0.25) is 11.9 Å². The van der Waals surface area contributed by atoms with Crippen LogP contribution in [-0.4, -0.2) is 56.9 Å². The Bertz CT molecular complexity index is 1120. The number of nitrogens with zero attached hydrogens (tertiary/aromatic N) is 6. The number of amides is 1. The third kappa shape index (κ3) is 4.51. The summed E-state index contributed by atoms with van der Waals surface area (Å²) in [5.74, 6) is 0.993. The van der Waals surface area contributed by atoms with Crippen LogP contribution in [0.2, 0.25) is 5.15 Å². The molecule has 0 spiro atoms. The Kier molecular flexibility index (Phi) is 6.24. The second kappa shape index (κ2) is 9.09. The molecular weight excluding hydrogens is 432 g/mol. The van der Waals surface area contributed by atoms with E-state index in [-0.39, 0.29) is 12.0 Å². The Morgan fingerprint density at radius 2 is 2.09 bits per heavy atom. The minimum absolute atomic E-state index is 0.134. The lowest BCUT2D eigenvalue weighted by atomic mass is 10.1. The SMILES string of the molecule is COC(C)[C@H]1C(=O)Nc2c(C)nc(NCc3cnn(Cc4ccc(Cl)nc4)c3)nc2N1C. The molecule has 1 aliphatic rings. The second-order valence-corrected chi connectivity index (χ2v) is 8.09. The third-order valence-electron chi connectivity index (χ3n) is 5.43. The van der Waals surface area contributed by atoms with Crippen molar-refractivity contribution in [3.63, 3.8) is 0 Å². The van der Waals surface area contributed by atoms with E-state index < -0.39 is 6.04 Å². The number of hydrogen-bond acceptors (Lipinski definition) is 8. The first-order chi connectivity index (χ1) is 15.4. The summed E-state index contributed by atoms with van der Waals surface area (Å²) in [7, 11) is 3.42. The Hall–Kier alpha value is -3.24. The molecule has 1 amide bonds. The zero-order valence-electron chi connectivity index (χ0n) is 18.3. The Labute approximate surface area is 191 Å². The molecule has 1 unspecified atom stereocenters. The van der Waals surface area contributed by atoms with Gasteiger partial charge in [0.1, 0.15) is 16.9 Å². The van der Waals surface area contributed by atoms with Crippen LogP contribution in [0.25, 0.3) is 0 Å². The molecule has 168 valence electrons. The largest absolute Gasteiger partial charge is 0.379 e. The van der Waals surface area contributed by atoms with E-state index in [1.54, 1.807) is 25.6 Å². The molecule has 0 saturated heterocycles. The van der Waals surface area contributed by atoms with Gasteiger partial charge in [-0.15, -0.1) is 0 Å². The van der Waals surface area contributed by atoms with Gasteiger partial charge in [0.05, 0.1) is 24.5 Å². The van der Waals surface area contributed by atoms with Crippen molar-refractivity contribution < 1.29 is 9.53 Å². The number of fused-ring (bicyclic) bond motifs is 1. The maximum atomic E-state index is 12.5. The van der Waals surface area contributed by atoms with E-state index in [0.29, 0.717) is 41.4 Å². The Morgan fingerprint density at radius 1 is 1.28 bits per heavy atom. The number of anilines is 3. The molecule has 32 heavy (non-hydrogen) atoms. The van der Waals surface area contributed by atoms with Crippen LogP contribution >= 0.6 is 11.6 Å². The van der Waals surface area contributed by atoms with Crippen molar-refractivity contribution in [2.24, 2.45) is 0 Å². The first-order valence-corrected chi connectivity index (χ1v) is 10.5. The van der Waals surface area contributed by atoms with Gasteiger partial charge in [0, 0.05) is 38.7 Å². The van der Waals surface area contributed by atoms with Crippen LogP contribution in [0.4, 0.5) is 17.5 Å². The Morgan fingerprint density at radius 3 is 2.81 bits per heavy atom. The van der Waals surface area contributed by atoms with E-state index in [2.05, 4.69) is 30.7 Å². The van der Waals surface area contributed by atoms with Gasteiger partial charge in [-0.25, -0.2) is 9.97 Å². The van der Waals surface area contributed by atoms with Gasteiger partial charge in [0.15, 0.2) is 5.82 Å². The summed E-state index contributed by atoms with van der Waals surface area (Å²) < 4.78 is 7.22. The van der Waals surface area contributed by atoms with Crippen LogP contribution in [0.5, 0.6) is 0 Å². The lowest BCUT2D eigenvalue weighted by Crippen LogP contribution is -2.53. The fraction of sp³-hybridized carbons (Fsp3) is 0.381. The van der Waals surface area contributed by atoms with E-state index in [1.165, 1.54) is 0 Å². The molecule has 10 nitrogen and oxygen atoms in total. The number of aromatic nitrogens is 5. The summed E-state index contributed by atoms with van der Waals surface area (Å²) in [6, 6.07) is 3.21. The number of carbonyl (C=O) groups is 1. The summed E-state index contributed by atoms with van der Waals surface area (Å²) in [5, 5.41) is 11.0. The zero-order chi connectivity index (χ0) is 22.8. The molecule has 0 aromatic carbocycles. The van der Waals surface area contributed by atoms with Crippen molar-refractivity contribution in [1.29, 1.82) is 0 Å². The number of hydrogen-bond donors (Lipinski definition) is 2. The van der Waals surface area contributed by atoms with E-state index >= 15 is 0 Å². The number of likely N-dealkylation sites (N-methyl/N-ethyl adjacent to an activating group) is 1. The second-order valence-electron chi connectivity index (χ2n) is 7.71. The van der Waals surface area contributed by atoms with Crippen LogP contribution in [0, 0.1) is 6.92 Å². The highest BCUT2D eigenvalue weighted by Gasteiger charge is 2.37. The average Bonchev–Trinajstić information content (AvgIpc) is 3.22. The molecule has 0 radical (unpaired) electrons. The van der Waals surface area contributed by atoms with Gasteiger partial charge < -0.3 is 20.3 Å². The highest BCUT2D eigenvalue weighted by Crippen LogP contribution is 2.33. The van der Waals surface area contributed by atoms with Crippen LogP contribution in [0.15, 0.2) is 30.7 Å². The fourth-order valence-corrected chi connectivity index (χ4v) is 3.76. The average molecular weight is 457 g/mol. The first kappa shape index (κ1) is 22.0. The number of pyridine rings is 1. The molecular formula is C21H25ClN8O2. The lowest BCUT2D eigenvalue weighted by molar-refractivity contribution is -0.120. The lowest BCUT2D eigenvalue weighted by Gasteiger charge is -2.37. The van der Waals surface area contributed by atoms with Crippen molar-refractivity contribution in [2.75, 3.05) is 29.7 Å². The van der Waals surface area contributed by atoms with Gasteiger partial charge in [0.25, 0.3) is 0 Å². The first-order valence-electron chi connectivity index (χ1n) is 10.2. The molecule has 4 heterocycles. The zero-order valence-corrected chi connectivity index (χ0v) is 19.1. The van der Waals surface area contributed by atoms with Gasteiger partial charge in [-0.2, -0.15) is 10.1 Å². The van der Waals surface area contributed by atoms with E-state index in [4.69, 9.17) is 16.3 Å². The molecule has 0 bridgehead atoms. The quantitative estimate of drug-likeness (QED) is 0.522. The maximum Gasteiger partial charge on any atom is 0.249 e. The molecule has 4 rings (SSSR count). The van der Waals surface area contributed by atoms with Crippen molar-refractivity contribution in [3.05, 3.63) is 52.7 Å². The van der Waals surface area contributed by atoms with Gasteiger partial charge in [-0.05, 0) is 25.5 Å². The van der Waals surface area contributed by atoms with E-state index in [1.807, 2.05) is 42.7 Å². The van der Waals surface area contributed by atoms with E-state index in [9.17, 15) is 4.79 Å². The van der Waals surface area contributed by atoms with Crippen molar-refractivity contribution in [1.82, 2.24) is 24.7 Å². The van der Waals surface area contributed by atoms with Gasteiger partial charge in [-0.1, -0.05) is 17.7 Å². The third-order valence-corrected chi connectivity index (χ3v) is 5.65. The van der Waals surface area contributed by atoms with Gasteiger partial charge in [-0.3, -0.25) is 9.48 Å². The molecule has 0 aliphatic carbocycles. The summed E-state index contributed by atoms with van der Waals surface area (Å²) in [5.41, 5.74) is 3.30. The number of halogens is 1. The molecule has 2 N–H and O–H groups in total. The summed E-state index contributed by atoms with van der Waals surface area (Å²) in [6.07, 6.45) is 5.19. The predicted molar refractivity (Wildman–Crippen MR) is 122 cm³/mol. The summed E-state index contributed by atoms with van der Waals surface area (Å²) in [4.78, 5) is 27.6. The smallest absolute Gasteiger partial charge is 0.249 e. The predicted octanol–water partition coefficient (Wildman–Crippen LogP) is 2.48. The number of rotatable bonds is 7. The van der Waals surface area contributed by atoms with Crippen molar-refractivity contribution in [3.8, 4) is 0 Å². The van der Waals surface area contributed by atoms with Crippen molar-refractivity contribution in [2.45, 2.75) is 39.1 Å². The Balaban J connectivity index is 1.46. The number of carbonyl (C=O) groups excluding carboxylic acids is 1. The highest BCUT2D eigenvalue weighted by molar-refractivity contribution is 6.29. The van der Waals surface area contributed by atoms with Gasteiger partial charge >= 0.3 is 0 Å². The van der Waals surface area contributed by atoms with Crippen LogP contribution in [-0.2, 0) is 22.6 Å². The number of methoxy groups -OCH3 is 1. The molecule has 3 aromatic heterocycles. The normalized spacial score (nSPS) is 16.5. The van der Waals surface area contributed by atoms with Crippen molar-refractivity contribution >= 4 is 35.0 Å². The molecule has 2 atom stereocenters. The summed E-state index contributed by atoms with van der Waals surface area (Å²) >= 11 is 5.84. The standard InChI is InChI=1S/C21H25ClN8O2/c1-12-17-19(29(3)18(13(2)32-4)20(31)27-17)28-21(26-12)24-8-15-9-25-30(11-15)10-14-5-6-16(22)23-7-14/h5-7,9,11,13,18H,8,10H2,1-4H3,(H,27,31)(H,24,26,28)/t13?,18-/m0/s1. The number of aryl methyl sites for hydroxylation is 1. The molecule has 3 aromatic rings. The minimum Gasteiger partial charge on any atom is -0.379 e. The monoisotopic (exact) mass is 456 g/mol. The highest BCUT2D eigenvalue weighted by atomic mass is 35.5. The minimum atomic E-state index is -0.477. The van der Waals surface area contributed by atoms with Crippen LogP contribution in [0.1, 0.15) is 23.7 Å². The molecule has 0 saturated carbocycles. The van der Waals surface area contributed by atoms with E-state index in [0.717, 1.165) is 11.1 Å². The van der Waals surface area contributed by atoms with Crippen LogP contribution in [0.3, 0.4) is 0 Å². The topological polar surface area (TPSA) is 110 Å². The summed E-state index contributed by atoms with van der Waals surface area (Å²) in [6.45, 7) is 4.81. The van der Waals surface area contributed by atoms with Crippen LogP contribution < -0.4 is 15.5 Å². The molecule has 0 fully saturated rings. The molecule has 11 heteroatoms. The maximum absolute atomic E-state index is 12.5. The fourth-order valence-electron chi connectivity index (χ4n) is 3.65. The number of ether oxygens (including phenoxy) is 1. The number of nitrogens with one attached hydrogen (secondary N) is 2. The molecule has 1 aliphatic heterocycles.